The molecule has 52 heavy (non-hydrogen) atoms. The Balaban J connectivity index is 0.970. The summed E-state index contributed by atoms with van der Waals surface area (Å²) in [5.41, 5.74) is 1.24. The molecule has 6 rings (SSSR count). The number of imide groups is 2. The summed E-state index contributed by atoms with van der Waals surface area (Å²) in [6, 6.07) is 17.6. The fourth-order valence-electron chi connectivity index (χ4n) is 7.57. The van der Waals surface area contributed by atoms with Crippen LogP contribution in [0.4, 0.5) is 0 Å². The number of nitrogens with zero attached hydrogens (tertiary/aromatic N) is 2. The van der Waals surface area contributed by atoms with Crippen LogP contribution in [0.3, 0.4) is 0 Å². The van der Waals surface area contributed by atoms with Gasteiger partial charge in [0.2, 0.25) is 11.8 Å². The third-order valence-electron chi connectivity index (χ3n) is 9.94. The number of carbonyl (C=O) groups excluding carboxylic acids is 5. The van der Waals surface area contributed by atoms with Crippen LogP contribution >= 0.6 is 11.6 Å². The number of amides is 5. The zero-order valence-corrected chi connectivity index (χ0v) is 29.9. The lowest BCUT2D eigenvalue weighted by molar-refractivity contribution is -0.164. The van der Waals surface area contributed by atoms with Crippen LogP contribution in [-0.4, -0.2) is 59.2 Å². The van der Waals surface area contributed by atoms with Gasteiger partial charge in [-0.25, -0.2) is 0 Å². The van der Waals surface area contributed by atoms with Crippen LogP contribution in [0.1, 0.15) is 95.6 Å². The van der Waals surface area contributed by atoms with Gasteiger partial charge < -0.3 is 14.8 Å². The van der Waals surface area contributed by atoms with E-state index >= 15 is 0 Å². The quantitative estimate of drug-likeness (QED) is 0.168. The number of hydrogen-bond donors (Lipinski definition) is 2. The molecule has 1 unspecified atom stereocenters. The van der Waals surface area contributed by atoms with Crippen molar-refractivity contribution in [3.05, 3.63) is 93.5 Å². The van der Waals surface area contributed by atoms with Gasteiger partial charge in [-0.3, -0.25) is 34.2 Å². The van der Waals surface area contributed by atoms with E-state index in [0.29, 0.717) is 47.1 Å². The summed E-state index contributed by atoms with van der Waals surface area (Å²) in [4.78, 5) is 63.9. The van der Waals surface area contributed by atoms with E-state index in [-0.39, 0.29) is 52.9 Å². The van der Waals surface area contributed by atoms with Crippen LogP contribution < -0.4 is 20.1 Å². The number of halogens is 1. The molecule has 2 aliphatic heterocycles. The number of nitriles is 1. The minimum atomic E-state index is -1.02. The van der Waals surface area contributed by atoms with E-state index in [1.807, 2.05) is 6.07 Å². The maximum atomic E-state index is 13.3. The van der Waals surface area contributed by atoms with Crippen LogP contribution in [0.25, 0.3) is 0 Å². The van der Waals surface area contributed by atoms with E-state index in [1.165, 1.54) is 12.1 Å². The average molecular weight is 721 g/mol. The Bertz CT molecular complexity index is 2070. The molecule has 3 aromatic carbocycles. The minimum absolute atomic E-state index is 0.0550. The predicted octanol–water partition coefficient (Wildman–Crippen LogP) is 5.44. The molecule has 0 aromatic heterocycles. The second-order valence-corrected chi connectivity index (χ2v) is 14.7. The van der Waals surface area contributed by atoms with Gasteiger partial charge in [-0.1, -0.05) is 51.1 Å². The van der Waals surface area contributed by atoms with Crippen molar-refractivity contribution in [2.45, 2.75) is 71.6 Å². The fourth-order valence-corrected chi connectivity index (χ4v) is 7.78. The van der Waals surface area contributed by atoms with Crippen LogP contribution in [0.15, 0.2) is 60.7 Å². The highest BCUT2D eigenvalue weighted by Gasteiger charge is 2.64. The zero-order chi connectivity index (χ0) is 37.4. The van der Waals surface area contributed by atoms with E-state index < -0.39 is 29.7 Å². The zero-order valence-electron chi connectivity index (χ0n) is 29.2. The van der Waals surface area contributed by atoms with E-state index in [0.717, 1.165) is 10.5 Å². The molecular formula is C40H37ClN4O7. The molecule has 2 fully saturated rings. The Hall–Kier alpha value is -5.65. The van der Waals surface area contributed by atoms with Crippen molar-refractivity contribution in [2.24, 2.45) is 10.8 Å². The molecule has 5 amide bonds. The van der Waals surface area contributed by atoms with Gasteiger partial charge in [-0.15, -0.1) is 0 Å². The van der Waals surface area contributed by atoms with Crippen molar-refractivity contribution < 1.29 is 33.4 Å². The Morgan fingerprint density at radius 2 is 1.65 bits per heavy atom. The third-order valence-corrected chi connectivity index (χ3v) is 10.2. The van der Waals surface area contributed by atoms with Gasteiger partial charge in [0.25, 0.3) is 17.7 Å². The number of unbranched alkanes of at least 4 members (excludes halogenated alkanes) is 1. The van der Waals surface area contributed by atoms with E-state index in [1.54, 1.807) is 48.5 Å². The summed E-state index contributed by atoms with van der Waals surface area (Å²) >= 11 is 6.21. The summed E-state index contributed by atoms with van der Waals surface area (Å²) in [5, 5.41) is 14.9. The van der Waals surface area contributed by atoms with Gasteiger partial charge in [0.15, 0.2) is 0 Å². The fraction of sp³-hybridized carbons (Fsp3) is 0.350. The number of nitrogens with one attached hydrogen (secondary N) is 2. The van der Waals surface area contributed by atoms with Crippen LogP contribution in [0.2, 0.25) is 5.02 Å². The molecule has 266 valence electrons. The first-order chi connectivity index (χ1) is 24.7. The predicted molar refractivity (Wildman–Crippen MR) is 191 cm³/mol. The number of fused-ring (bicyclic) bond motifs is 1. The Kier molecular flexibility index (Phi) is 9.85. The van der Waals surface area contributed by atoms with E-state index in [2.05, 4.69) is 50.2 Å². The molecule has 0 bridgehead atoms. The van der Waals surface area contributed by atoms with Crippen molar-refractivity contribution in [1.82, 2.24) is 15.5 Å². The Morgan fingerprint density at radius 1 is 0.962 bits per heavy atom. The molecule has 1 saturated heterocycles. The maximum Gasteiger partial charge on any atom is 0.262 e. The number of rotatable bonds is 9. The normalized spacial score (nSPS) is 21.2. The number of benzene rings is 3. The molecule has 2 N–H and O–H groups in total. The molecule has 12 heteroatoms. The van der Waals surface area contributed by atoms with Gasteiger partial charge >= 0.3 is 0 Å². The molecule has 11 nitrogen and oxygen atoms in total. The number of piperidine rings is 1. The molecular weight excluding hydrogens is 684 g/mol. The third kappa shape index (κ3) is 6.84. The Morgan fingerprint density at radius 3 is 2.33 bits per heavy atom. The van der Waals surface area contributed by atoms with Gasteiger partial charge in [0.1, 0.15) is 29.7 Å². The monoisotopic (exact) mass is 720 g/mol. The second-order valence-electron chi connectivity index (χ2n) is 14.3. The molecule has 3 aromatic rings. The van der Waals surface area contributed by atoms with Gasteiger partial charge in [0.05, 0.1) is 28.3 Å². The second kappa shape index (κ2) is 14.2. The molecule has 1 saturated carbocycles. The van der Waals surface area contributed by atoms with Crippen LogP contribution in [0.5, 0.6) is 11.5 Å². The van der Waals surface area contributed by atoms with Crippen molar-refractivity contribution in [1.29, 1.82) is 5.26 Å². The SMILES string of the molecule is CC1(C)C(NC(=O)c2ccc(C#CCCCOc3ccc4c(c3)C(=O)N(C3CCC(=O)NC3=O)C4=O)cc2)C(C)(C)C1Oc1ccc(C#N)c(Cl)c1. The van der Waals surface area contributed by atoms with Crippen molar-refractivity contribution in [3.8, 4) is 29.4 Å². The van der Waals surface area contributed by atoms with Gasteiger partial charge in [-0.2, -0.15) is 5.26 Å². The van der Waals surface area contributed by atoms with Crippen LogP contribution in [0, 0.1) is 34.0 Å². The number of carbonyl (C=O) groups is 5. The number of hydrogen-bond acceptors (Lipinski definition) is 8. The molecule has 0 spiro atoms. The van der Waals surface area contributed by atoms with Crippen molar-refractivity contribution >= 4 is 41.1 Å². The highest BCUT2D eigenvalue weighted by atomic mass is 35.5. The lowest BCUT2D eigenvalue weighted by Crippen LogP contribution is -2.74. The van der Waals surface area contributed by atoms with Gasteiger partial charge in [0, 0.05) is 46.9 Å². The molecule has 3 aliphatic rings. The topological polar surface area (TPSA) is 155 Å². The van der Waals surface area contributed by atoms with Crippen molar-refractivity contribution in [3.63, 3.8) is 0 Å². The molecule has 1 atom stereocenters. The van der Waals surface area contributed by atoms with Crippen molar-refractivity contribution in [2.75, 3.05) is 6.61 Å². The summed E-state index contributed by atoms with van der Waals surface area (Å²) in [5.74, 6) is 4.78. The summed E-state index contributed by atoms with van der Waals surface area (Å²) in [6.45, 7) is 8.53. The Labute approximate surface area is 306 Å². The molecule has 1 aliphatic carbocycles. The van der Waals surface area contributed by atoms with Gasteiger partial charge in [-0.05, 0) is 67.4 Å². The van der Waals surface area contributed by atoms with Crippen LogP contribution in [-0.2, 0) is 9.59 Å². The maximum absolute atomic E-state index is 13.3. The molecule has 0 radical (unpaired) electrons. The van der Waals surface area contributed by atoms with E-state index in [4.69, 9.17) is 26.3 Å². The average Bonchev–Trinajstić information content (AvgIpc) is 3.35. The highest BCUT2D eigenvalue weighted by molar-refractivity contribution is 6.31. The minimum Gasteiger partial charge on any atom is -0.494 e. The number of ether oxygens (including phenoxy) is 2. The molecule has 2 heterocycles. The summed E-state index contributed by atoms with van der Waals surface area (Å²) in [6.07, 6.45) is 1.08. The lowest BCUT2D eigenvalue weighted by Gasteiger charge is -2.63. The first-order valence-electron chi connectivity index (χ1n) is 17.0. The lowest BCUT2D eigenvalue weighted by atomic mass is 9.49. The first-order valence-corrected chi connectivity index (χ1v) is 17.3. The smallest absolute Gasteiger partial charge is 0.262 e. The highest BCUT2D eigenvalue weighted by Crippen LogP contribution is 2.55. The first kappa shape index (κ1) is 36.2. The summed E-state index contributed by atoms with van der Waals surface area (Å²) in [7, 11) is 0. The van der Waals surface area contributed by atoms with E-state index in [9.17, 15) is 24.0 Å². The standard InChI is InChI=1S/C40H37ClN4O7/c1-39(2)37(40(3,4)38(39)52-27-14-13-25(22-42)30(41)21-27)44-33(47)24-11-9-23(10-12-24)8-6-5-7-19-51-26-15-16-28-29(20-26)36(50)45(35(28)49)31-17-18-32(46)43-34(31)48/h9-16,20-21,31,37-38H,5,7,17-19H2,1-4H3,(H,44,47)(H,43,46,48). The largest absolute Gasteiger partial charge is 0.494 e. The summed E-state index contributed by atoms with van der Waals surface area (Å²) < 4.78 is 12.1.